The second-order valence-corrected chi connectivity index (χ2v) is 11.7. The van der Waals surface area contributed by atoms with Crippen molar-refractivity contribution in [1.82, 2.24) is 0 Å². The van der Waals surface area contributed by atoms with Gasteiger partial charge < -0.3 is 9.84 Å². The average molecular weight is 601 g/mol. The Labute approximate surface area is 201 Å². The fourth-order valence-electron chi connectivity index (χ4n) is 1.81. The van der Waals surface area contributed by atoms with Crippen LogP contribution in [0.3, 0.4) is 0 Å². The van der Waals surface area contributed by atoms with Crippen molar-refractivity contribution >= 4 is 67.2 Å². The fraction of sp³-hybridized carbons (Fsp3) is 0.235. The first-order valence-electron chi connectivity index (χ1n) is 8.47. The van der Waals surface area contributed by atoms with Gasteiger partial charge in [0.1, 0.15) is 11.6 Å². The topological polar surface area (TPSA) is 127 Å². The van der Waals surface area contributed by atoms with E-state index in [4.69, 9.17) is 13.2 Å². The van der Waals surface area contributed by atoms with Crippen LogP contribution in [0, 0.1) is 11.6 Å². The molecule has 15 heteroatoms. The maximum atomic E-state index is 13.7. The van der Waals surface area contributed by atoms with Crippen LogP contribution in [0.5, 0.6) is 11.5 Å². The minimum Gasteiger partial charge on any atom is -0.478 e. The van der Waals surface area contributed by atoms with Gasteiger partial charge in [0, 0.05) is 27.4 Å². The van der Waals surface area contributed by atoms with Crippen molar-refractivity contribution in [3.05, 3.63) is 52.0 Å². The van der Waals surface area contributed by atoms with Gasteiger partial charge in [0.25, 0.3) is 0 Å². The van der Waals surface area contributed by atoms with Crippen molar-refractivity contribution in [1.29, 1.82) is 0 Å². The molecule has 0 saturated carbocycles. The Kier molecular flexibility index (Phi) is 12.5. The van der Waals surface area contributed by atoms with Crippen LogP contribution >= 0.6 is 37.3 Å². The highest BCUT2D eigenvalue weighted by Crippen LogP contribution is 2.36. The molecule has 0 aliphatic heterocycles. The molecule has 2 N–H and O–H groups in total. The molecule has 0 atom stereocenters. The molecule has 32 heavy (non-hydrogen) atoms. The van der Waals surface area contributed by atoms with Crippen LogP contribution in [-0.4, -0.2) is 33.7 Å². The summed E-state index contributed by atoms with van der Waals surface area (Å²) in [5, 5.41) is 9.28. The smallest absolute Gasteiger partial charge is 0.337 e. The van der Waals surface area contributed by atoms with Crippen molar-refractivity contribution in [2.45, 2.75) is 20.8 Å². The quantitative estimate of drug-likeness (QED) is 0.406. The molecule has 0 fully saturated rings. The Morgan fingerprint density at radius 2 is 1.62 bits per heavy atom. The normalized spacial score (nSPS) is 10.8. The third-order valence-electron chi connectivity index (χ3n) is 3.06. The number of ether oxygens (including phenoxy) is 1. The van der Waals surface area contributed by atoms with Crippen LogP contribution in [0.25, 0.3) is 0 Å². The largest absolute Gasteiger partial charge is 0.478 e. The minimum absolute atomic E-state index is 0.0812. The van der Waals surface area contributed by atoms with E-state index in [1.54, 1.807) is 0 Å². The Hall–Kier alpha value is -1.67. The monoisotopic (exact) mass is 599 g/mol. The molecule has 0 bridgehead atoms. The summed E-state index contributed by atoms with van der Waals surface area (Å²) in [4.78, 5) is 11.4. The van der Waals surface area contributed by atoms with Gasteiger partial charge in [-0.05, 0) is 47.1 Å². The van der Waals surface area contributed by atoms with E-state index in [1.165, 1.54) is 13.0 Å². The number of rotatable bonds is 6. The molecule has 0 amide bonds. The van der Waals surface area contributed by atoms with Crippen LogP contribution < -0.4 is 9.46 Å². The Bertz CT molecular complexity index is 1160. The van der Waals surface area contributed by atoms with Gasteiger partial charge in [-0.25, -0.2) is 22.0 Å². The number of benzene rings is 2. The number of carboxylic acids is 1. The number of carbonyl (C=O) groups is 1. The van der Waals surface area contributed by atoms with Gasteiger partial charge in [0.2, 0.25) is 10.0 Å². The lowest BCUT2D eigenvalue weighted by molar-refractivity contribution is 0.0697. The molecule has 2 aromatic carbocycles. The molecule has 0 heterocycles. The first kappa shape index (κ1) is 30.3. The van der Waals surface area contributed by atoms with Gasteiger partial charge in [-0.1, -0.05) is 13.8 Å². The molecule has 2 aromatic rings. The highest BCUT2D eigenvalue weighted by Gasteiger charge is 2.19. The molecule has 0 spiro atoms. The third-order valence-corrected chi connectivity index (χ3v) is 4.97. The highest BCUT2D eigenvalue weighted by atomic mass is 79.9. The van der Waals surface area contributed by atoms with E-state index in [-0.39, 0.29) is 27.4 Å². The number of carboxylic acid groups (broad SMARTS) is 1. The van der Waals surface area contributed by atoms with E-state index in [1.807, 2.05) is 13.8 Å². The number of aromatic carboxylic acids is 1. The number of halogens is 5. The maximum Gasteiger partial charge on any atom is 0.337 e. The third kappa shape index (κ3) is 11.3. The predicted molar refractivity (Wildman–Crippen MR) is 123 cm³/mol. The van der Waals surface area contributed by atoms with Crippen molar-refractivity contribution in [3.8, 4) is 11.5 Å². The number of hydrogen-bond donors (Lipinski definition) is 2. The van der Waals surface area contributed by atoms with Crippen molar-refractivity contribution in [2.24, 2.45) is 0 Å². The summed E-state index contributed by atoms with van der Waals surface area (Å²) in [5.41, 5.74) is -0.564. The summed E-state index contributed by atoms with van der Waals surface area (Å²) in [6.45, 7) is 5.40. The lowest BCUT2D eigenvalue weighted by Crippen LogP contribution is -2.17. The molecule has 0 unspecified atom stereocenters. The van der Waals surface area contributed by atoms with E-state index in [9.17, 15) is 27.1 Å². The van der Waals surface area contributed by atoms with E-state index < -0.39 is 41.5 Å². The zero-order chi connectivity index (χ0) is 25.3. The van der Waals surface area contributed by atoms with Crippen LogP contribution in [0.15, 0.2) is 34.8 Å². The maximum absolute atomic E-state index is 13.7. The number of nitrogens with one attached hydrogen (secondary N) is 1. The lowest BCUT2D eigenvalue weighted by Gasteiger charge is -2.14. The predicted octanol–water partition coefficient (Wildman–Crippen LogP) is 5.71. The summed E-state index contributed by atoms with van der Waals surface area (Å²) in [7, 11) is 1.11. The zero-order valence-corrected chi connectivity index (χ0v) is 21.4. The van der Waals surface area contributed by atoms with E-state index in [0.717, 1.165) is 18.2 Å². The molecular weight excluding hydrogens is 583 g/mol. The van der Waals surface area contributed by atoms with Gasteiger partial charge >= 0.3 is 14.2 Å². The molecule has 0 aliphatic carbocycles. The average Bonchev–Trinajstić information content (AvgIpc) is 2.65. The van der Waals surface area contributed by atoms with Crippen LogP contribution in [0.4, 0.5) is 14.5 Å². The molecule has 8 nitrogen and oxygen atoms in total. The van der Waals surface area contributed by atoms with Gasteiger partial charge in [-0.2, -0.15) is 8.42 Å². The van der Waals surface area contributed by atoms with Crippen LogP contribution in [0.2, 0.25) is 0 Å². The van der Waals surface area contributed by atoms with Crippen LogP contribution in [0.1, 0.15) is 31.1 Å². The summed E-state index contributed by atoms with van der Waals surface area (Å²) >= 11 is 3.11. The number of anilines is 1. The molecule has 180 valence electrons. The summed E-state index contributed by atoms with van der Waals surface area (Å²) in [6.07, 6.45) is 0. The first-order chi connectivity index (χ1) is 14.6. The van der Waals surface area contributed by atoms with Gasteiger partial charge in [0.05, 0.1) is 21.5 Å². The molecular formula is C17H18BrCl2F2NO7S2. The van der Waals surface area contributed by atoms with E-state index in [0.29, 0.717) is 6.07 Å². The molecule has 2 rings (SSSR count). The summed E-state index contributed by atoms with van der Waals surface area (Å²) in [6, 6.07) is 4.86. The highest BCUT2D eigenvalue weighted by molar-refractivity contribution is 9.10. The van der Waals surface area contributed by atoms with Gasteiger partial charge in [0.15, 0.2) is 11.6 Å². The van der Waals surface area contributed by atoms with E-state index >= 15 is 0 Å². The second kappa shape index (κ2) is 13.1. The Balaban J connectivity index is 0.00000121. The molecule has 0 aliphatic rings. The summed E-state index contributed by atoms with van der Waals surface area (Å²) < 4.78 is 75.9. The van der Waals surface area contributed by atoms with Crippen molar-refractivity contribution in [3.63, 3.8) is 0 Å². The van der Waals surface area contributed by atoms with Crippen LogP contribution in [-0.2, 0) is 18.3 Å². The summed E-state index contributed by atoms with van der Waals surface area (Å²) in [5.74, 6) is -3.82. The Morgan fingerprint density at radius 3 is 2.06 bits per heavy atom. The fourth-order valence-corrected chi connectivity index (χ4v) is 2.88. The Morgan fingerprint density at radius 1 is 1.09 bits per heavy atom. The first-order valence-corrected chi connectivity index (χ1v) is 14.1. The number of hydrogen-bond acceptors (Lipinski definition) is 6. The van der Waals surface area contributed by atoms with Gasteiger partial charge in [-0.15, -0.1) is 0 Å². The lowest BCUT2D eigenvalue weighted by atomic mass is 10.1. The molecule has 0 saturated heterocycles. The van der Waals surface area contributed by atoms with E-state index in [2.05, 4.69) is 42.0 Å². The molecule has 0 radical (unpaired) electrons. The van der Waals surface area contributed by atoms with Gasteiger partial charge in [-0.3, -0.25) is 4.72 Å². The number of sulfonamides is 1. The minimum atomic E-state index is -3.72. The zero-order valence-electron chi connectivity index (χ0n) is 16.7. The van der Waals surface area contributed by atoms with Crippen molar-refractivity contribution in [2.75, 3.05) is 10.5 Å². The van der Waals surface area contributed by atoms with Crippen molar-refractivity contribution < 1.29 is 40.3 Å². The second-order valence-electron chi connectivity index (χ2n) is 5.19. The molecule has 0 aromatic heterocycles. The SMILES string of the molecule is CC.CCS(=O)(=O)Nc1cc(Br)c(Oc2ccc(F)cc2F)cc1C(=O)O.O=S(=O)(Cl)Cl. The standard InChI is InChI=1S/C15H12BrF2NO5S.C2H6.Cl2O2S/c1-2-25(22,23)19-12-7-10(16)14(6-9(12)15(20)21)24-13-4-3-8(17)5-11(13)18;1-2;1-5(2,3)4/h3-7,19H,2H2,1H3,(H,20,21);1-2H3;.